The SMILES string of the molecule is CCCCCCCCCCCCCCCCOCC(COP(=O)(O)O)OCc1cc(F)cc(C#N)c1. The van der Waals surface area contributed by atoms with Crippen molar-refractivity contribution in [3.63, 3.8) is 0 Å². The van der Waals surface area contributed by atoms with Crippen molar-refractivity contribution < 1.29 is 32.7 Å². The Morgan fingerprint density at radius 3 is 1.97 bits per heavy atom. The molecular weight excluding hydrogens is 484 g/mol. The summed E-state index contributed by atoms with van der Waals surface area (Å²) in [5.41, 5.74) is 0.616. The standard InChI is InChI=1S/C27H45FNO6P/c1-2-3-4-5-6-7-8-9-10-11-12-13-14-15-16-33-22-27(23-35-36(30,31)32)34-21-25-17-24(20-29)18-26(28)19-25/h17-19,27H,2-16,21-23H2,1H3,(H2,30,31,32). The first kappa shape index (κ1) is 32.7. The lowest BCUT2D eigenvalue weighted by Gasteiger charge is -2.19. The number of hydrogen-bond donors (Lipinski definition) is 2. The van der Waals surface area contributed by atoms with E-state index in [0.717, 1.165) is 18.9 Å². The van der Waals surface area contributed by atoms with Crippen LogP contribution in [-0.4, -0.2) is 35.7 Å². The molecule has 0 fully saturated rings. The first-order valence-electron chi connectivity index (χ1n) is 13.4. The summed E-state index contributed by atoms with van der Waals surface area (Å²) in [6.07, 6.45) is 17.1. The number of hydrogen-bond acceptors (Lipinski definition) is 5. The highest BCUT2D eigenvalue weighted by Gasteiger charge is 2.19. The molecular formula is C27H45FNO6P. The van der Waals surface area contributed by atoms with Gasteiger partial charge in [0.25, 0.3) is 0 Å². The Kier molecular flexibility index (Phi) is 18.8. The molecule has 0 saturated heterocycles. The third kappa shape index (κ3) is 18.9. The van der Waals surface area contributed by atoms with Crippen LogP contribution in [0.4, 0.5) is 4.39 Å². The van der Waals surface area contributed by atoms with Crippen LogP contribution in [0.15, 0.2) is 18.2 Å². The van der Waals surface area contributed by atoms with Gasteiger partial charge in [-0.3, -0.25) is 4.52 Å². The van der Waals surface area contributed by atoms with Crippen LogP contribution in [0.1, 0.15) is 108 Å². The normalized spacial score (nSPS) is 12.5. The summed E-state index contributed by atoms with van der Waals surface area (Å²) in [7, 11) is -4.65. The van der Waals surface area contributed by atoms with E-state index in [1.165, 1.54) is 89.2 Å². The van der Waals surface area contributed by atoms with Crippen molar-refractivity contribution in [1.29, 1.82) is 5.26 Å². The van der Waals surface area contributed by atoms with Gasteiger partial charge in [0.05, 0.1) is 31.5 Å². The van der Waals surface area contributed by atoms with Crippen molar-refractivity contribution >= 4 is 7.82 Å². The van der Waals surface area contributed by atoms with Crippen molar-refractivity contribution in [3.05, 3.63) is 35.1 Å². The molecule has 0 saturated carbocycles. The maximum Gasteiger partial charge on any atom is 0.469 e. The minimum atomic E-state index is -4.65. The summed E-state index contributed by atoms with van der Waals surface area (Å²) in [5, 5.41) is 8.96. The number of ether oxygens (including phenoxy) is 2. The summed E-state index contributed by atoms with van der Waals surface area (Å²) in [4.78, 5) is 18.0. The molecule has 1 unspecified atom stereocenters. The first-order chi connectivity index (χ1) is 17.3. The van der Waals surface area contributed by atoms with Crippen LogP contribution in [0.5, 0.6) is 0 Å². The molecule has 0 aliphatic heterocycles. The molecule has 1 atom stereocenters. The zero-order chi connectivity index (χ0) is 26.5. The zero-order valence-corrected chi connectivity index (χ0v) is 22.7. The predicted octanol–water partition coefficient (Wildman–Crippen LogP) is 7.19. The van der Waals surface area contributed by atoms with Crippen molar-refractivity contribution in [2.75, 3.05) is 19.8 Å². The van der Waals surface area contributed by atoms with Crippen LogP contribution in [0.3, 0.4) is 0 Å². The minimum Gasteiger partial charge on any atom is -0.379 e. The number of nitrogens with zero attached hydrogens (tertiary/aromatic N) is 1. The number of phosphoric ester groups is 1. The molecule has 2 N–H and O–H groups in total. The lowest BCUT2D eigenvalue weighted by Crippen LogP contribution is -2.25. The molecule has 9 heteroatoms. The second-order valence-electron chi connectivity index (χ2n) is 9.35. The number of nitriles is 1. The number of phosphoric acid groups is 1. The van der Waals surface area contributed by atoms with Gasteiger partial charge in [0.2, 0.25) is 0 Å². The Balaban J connectivity index is 2.15. The Bertz CT molecular complexity index is 782. The topological polar surface area (TPSA) is 109 Å². The maximum absolute atomic E-state index is 13.6. The highest BCUT2D eigenvalue weighted by molar-refractivity contribution is 7.46. The molecule has 0 bridgehead atoms. The Hall–Kier alpha value is -1.33. The van der Waals surface area contributed by atoms with Gasteiger partial charge in [-0.05, 0) is 30.2 Å². The van der Waals surface area contributed by atoms with Crippen molar-refractivity contribution in [1.82, 2.24) is 0 Å². The summed E-state index contributed by atoms with van der Waals surface area (Å²) in [6.45, 7) is 2.47. The van der Waals surface area contributed by atoms with Gasteiger partial charge in [-0.25, -0.2) is 8.96 Å². The van der Waals surface area contributed by atoms with Crippen LogP contribution in [0.2, 0.25) is 0 Å². The average Bonchev–Trinajstić information content (AvgIpc) is 2.84. The molecule has 0 aromatic heterocycles. The lowest BCUT2D eigenvalue weighted by molar-refractivity contribution is -0.0493. The van der Waals surface area contributed by atoms with E-state index in [0.29, 0.717) is 12.2 Å². The summed E-state index contributed by atoms with van der Waals surface area (Å²) in [6, 6.07) is 5.75. The van der Waals surface area contributed by atoms with Crippen LogP contribution < -0.4 is 0 Å². The van der Waals surface area contributed by atoms with Gasteiger partial charge in [0.1, 0.15) is 11.9 Å². The largest absolute Gasteiger partial charge is 0.469 e. The van der Waals surface area contributed by atoms with Gasteiger partial charge < -0.3 is 19.3 Å². The summed E-state index contributed by atoms with van der Waals surface area (Å²) >= 11 is 0. The van der Waals surface area contributed by atoms with Gasteiger partial charge >= 0.3 is 7.82 Å². The van der Waals surface area contributed by atoms with Gasteiger partial charge in [0, 0.05) is 6.61 Å². The van der Waals surface area contributed by atoms with E-state index < -0.39 is 19.7 Å². The molecule has 206 valence electrons. The second-order valence-corrected chi connectivity index (χ2v) is 10.6. The fourth-order valence-corrected chi connectivity index (χ4v) is 4.31. The fraction of sp³-hybridized carbons (Fsp3) is 0.741. The molecule has 7 nitrogen and oxygen atoms in total. The number of benzene rings is 1. The van der Waals surface area contributed by atoms with E-state index in [9.17, 15) is 8.96 Å². The molecule has 0 heterocycles. The highest BCUT2D eigenvalue weighted by Crippen LogP contribution is 2.36. The van der Waals surface area contributed by atoms with Crippen LogP contribution in [0.25, 0.3) is 0 Å². The third-order valence-corrected chi connectivity index (χ3v) is 6.43. The average molecular weight is 530 g/mol. The van der Waals surface area contributed by atoms with E-state index >= 15 is 0 Å². The Morgan fingerprint density at radius 1 is 0.889 bits per heavy atom. The van der Waals surface area contributed by atoms with E-state index in [4.69, 9.17) is 24.5 Å². The predicted molar refractivity (Wildman–Crippen MR) is 139 cm³/mol. The number of unbranched alkanes of at least 4 members (excludes halogenated alkanes) is 13. The Labute approximate surface area is 216 Å². The second kappa shape index (κ2) is 20.7. The van der Waals surface area contributed by atoms with Crippen molar-refractivity contribution in [3.8, 4) is 6.07 Å². The van der Waals surface area contributed by atoms with Crippen LogP contribution in [0, 0.1) is 17.1 Å². The maximum atomic E-state index is 13.6. The summed E-state index contributed by atoms with van der Waals surface area (Å²) < 4.78 is 40.5. The number of rotatable bonds is 23. The molecule has 0 spiro atoms. The summed E-state index contributed by atoms with van der Waals surface area (Å²) in [5.74, 6) is -0.551. The highest BCUT2D eigenvalue weighted by atomic mass is 31.2. The molecule has 0 aliphatic carbocycles. The van der Waals surface area contributed by atoms with E-state index in [-0.39, 0.29) is 25.4 Å². The van der Waals surface area contributed by atoms with Gasteiger partial charge in [-0.1, -0.05) is 90.4 Å². The Morgan fingerprint density at radius 2 is 1.44 bits per heavy atom. The van der Waals surface area contributed by atoms with Crippen LogP contribution >= 0.6 is 7.82 Å². The third-order valence-electron chi connectivity index (χ3n) is 5.95. The monoisotopic (exact) mass is 529 g/mol. The van der Waals surface area contributed by atoms with Crippen molar-refractivity contribution in [2.45, 2.75) is 110 Å². The van der Waals surface area contributed by atoms with E-state index in [1.54, 1.807) is 0 Å². The number of halogens is 1. The molecule has 0 aliphatic rings. The van der Waals surface area contributed by atoms with Gasteiger partial charge in [-0.15, -0.1) is 0 Å². The quantitative estimate of drug-likeness (QED) is 0.114. The van der Waals surface area contributed by atoms with Crippen LogP contribution in [-0.2, 0) is 25.2 Å². The molecule has 0 radical (unpaired) electrons. The van der Waals surface area contributed by atoms with Gasteiger partial charge in [0.15, 0.2) is 0 Å². The lowest BCUT2D eigenvalue weighted by atomic mass is 10.0. The van der Waals surface area contributed by atoms with E-state index in [2.05, 4.69) is 11.4 Å². The molecule has 36 heavy (non-hydrogen) atoms. The van der Waals surface area contributed by atoms with Crippen molar-refractivity contribution in [2.24, 2.45) is 0 Å². The minimum absolute atomic E-state index is 0.0379. The first-order valence-corrected chi connectivity index (χ1v) is 15.0. The fourth-order valence-electron chi connectivity index (χ4n) is 3.95. The molecule has 1 aromatic carbocycles. The molecule has 0 amide bonds. The van der Waals surface area contributed by atoms with Gasteiger partial charge in [-0.2, -0.15) is 5.26 Å². The van der Waals surface area contributed by atoms with E-state index in [1.807, 2.05) is 6.07 Å². The molecule has 1 aromatic rings. The smallest absolute Gasteiger partial charge is 0.379 e. The zero-order valence-electron chi connectivity index (χ0n) is 21.8. The molecule has 1 rings (SSSR count).